The fraction of sp³-hybridized carbons (Fsp3) is 1.00. The van der Waals surface area contributed by atoms with Crippen molar-refractivity contribution in [3.63, 3.8) is 0 Å². The van der Waals surface area contributed by atoms with Crippen LogP contribution in [-0.4, -0.2) is 48.1 Å². The van der Waals surface area contributed by atoms with Gasteiger partial charge in [0.05, 0.1) is 0 Å². The molecule has 0 saturated carbocycles. The first-order chi connectivity index (χ1) is 7.11. The number of thioether (sulfide) groups is 1. The average Bonchev–Trinajstić information content (AvgIpc) is 2.26. The first-order valence-electron chi connectivity index (χ1n) is 6.09. The normalized spacial score (nSPS) is 30.4. The van der Waals surface area contributed by atoms with E-state index in [1.807, 2.05) is 11.8 Å². The Labute approximate surface area is 99.2 Å². The number of hydrogen-bond acceptors (Lipinski definition) is 3. The number of hydrogen-bond donors (Lipinski definition) is 1. The monoisotopic (exact) mass is 230 g/mol. The molecular weight excluding hydrogens is 204 g/mol. The Hall–Kier alpha value is 0.270. The van der Waals surface area contributed by atoms with Crippen LogP contribution in [0.4, 0.5) is 0 Å². The topological polar surface area (TPSA) is 15.3 Å². The van der Waals surface area contributed by atoms with Crippen molar-refractivity contribution in [2.45, 2.75) is 45.2 Å². The Morgan fingerprint density at radius 1 is 1.53 bits per heavy atom. The molecular formula is C12H26N2S. The van der Waals surface area contributed by atoms with Crippen molar-refractivity contribution in [1.82, 2.24) is 10.2 Å². The Morgan fingerprint density at radius 2 is 2.27 bits per heavy atom. The zero-order valence-electron chi connectivity index (χ0n) is 10.7. The summed E-state index contributed by atoms with van der Waals surface area (Å²) in [5, 5.41) is 3.64. The van der Waals surface area contributed by atoms with E-state index in [2.05, 4.69) is 37.2 Å². The predicted molar refractivity (Wildman–Crippen MR) is 70.7 cm³/mol. The Balaban J connectivity index is 2.41. The molecule has 0 aromatic carbocycles. The van der Waals surface area contributed by atoms with Gasteiger partial charge < -0.3 is 5.32 Å². The van der Waals surface area contributed by atoms with E-state index in [-0.39, 0.29) is 0 Å². The Kier molecular flexibility index (Phi) is 5.44. The summed E-state index contributed by atoms with van der Waals surface area (Å²) in [6.45, 7) is 10.6. The molecule has 1 rings (SSSR count). The third-order valence-corrected chi connectivity index (χ3v) is 4.29. The number of nitrogens with zero attached hydrogens (tertiary/aromatic N) is 1. The zero-order valence-corrected chi connectivity index (χ0v) is 11.5. The Bertz CT molecular complexity index is 186. The summed E-state index contributed by atoms with van der Waals surface area (Å²) < 4.78 is 0. The van der Waals surface area contributed by atoms with Gasteiger partial charge in [0.2, 0.25) is 0 Å². The minimum atomic E-state index is 0.339. The largest absolute Gasteiger partial charge is 0.309 e. The van der Waals surface area contributed by atoms with Crippen LogP contribution in [0.15, 0.2) is 0 Å². The van der Waals surface area contributed by atoms with Gasteiger partial charge in [0.25, 0.3) is 0 Å². The van der Waals surface area contributed by atoms with Crippen molar-refractivity contribution >= 4 is 11.8 Å². The van der Waals surface area contributed by atoms with Gasteiger partial charge >= 0.3 is 0 Å². The lowest BCUT2D eigenvalue weighted by Gasteiger charge is -2.43. The van der Waals surface area contributed by atoms with E-state index in [1.165, 1.54) is 31.7 Å². The molecule has 3 heteroatoms. The predicted octanol–water partition coefficient (Wildman–Crippen LogP) is 2.20. The number of piperazine rings is 1. The van der Waals surface area contributed by atoms with Gasteiger partial charge in [-0.05, 0) is 38.7 Å². The molecule has 2 nitrogen and oxygen atoms in total. The van der Waals surface area contributed by atoms with Gasteiger partial charge in [0.15, 0.2) is 0 Å². The second-order valence-corrected chi connectivity index (χ2v) is 5.93. The second-order valence-electron chi connectivity index (χ2n) is 4.94. The van der Waals surface area contributed by atoms with Crippen LogP contribution in [0.5, 0.6) is 0 Å². The van der Waals surface area contributed by atoms with Crippen molar-refractivity contribution in [3.05, 3.63) is 0 Å². The summed E-state index contributed by atoms with van der Waals surface area (Å²) in [6, 6.07) is 0.741. The van der Waals surface area contributed by atoms with Crippen molar-refractivity contribution in [2.24, 2.45) is 0 Å². The molecule has 0 aromatic rings. The molecule has 1 saturated heterocycles. The minimum absolute atomic E-state index is 0.339. The highest BCUT2D eigenvalue weighted by molar-refractivity contribution is 7.98. The summed E-state index contributed by atoms with van der Waals surface area (Å²) in [5.41, 5.74) is 0.339. The maximum Gasteiger partial charge on any atom is 0.0278 e. The summed E-state index contributed by atoms with van der Waals surface area (Å²) in [5.74, 6) is 1.29. The van der Waals surface area contributed by atoms with Crippen LogP contribution in [0.3, 0.4) is 0 Å². The molecule has 0 aromatic heterocycles. The summed E-state index contributed by atoms with van der Waals surface area (Å²) in [7, 11) is 0. The van der Waals surface area contributed by atoms with Crippen LogP contribution < -0.4 is 5.32 Å². The molecule has 2 unspecified atom stereocenters. The third kappa shape index (κ3) is 3.97. The van der Waals surface area contributed by atoms with Crippen molar-refractivity contribution in [3.8, 4) is 0 Å². The lowest BCUT2D eigenvalue weighted by atomic mass is 9.95. The molecule has 1 aliphatic heterocycles. The molecule has 15 heavy (non-hydrogen) atoms. The van der Waals surface area contributed by atoms with E-state index in [9.17, 15) is 0 Å². The van der Waals surface area contributed by atoms with Gasteiger partial charge in [0.1, 0.15) is 0 Å². The van der Waals surface area contributed by atoms with Gasteiger partial charge in [-0.15, -0.1) is 0 Å². The first-order valence-corrected chi connectivity index (χ1v) is 7.48. The highest BCUT2D eigenvalue weighted by Gasteiger charge is 2.30. The van der Waals surface area contributed by atoms with Crippen LogP contribution in [0.2, 0.25) is 0 Å². The van der Waals surface area contributed by atoms with Gasteiger partial charge in [0, 0.05) is 31.2 Å². The minimum Gasteiger partial charge on any atom is -0.309 e. The maximum atomic E-state index is 3.64. The van der Waals surface area contributed by atoms with E-state index in [0.717, 1.165) is 12.6 Å². The fourth-order valence-corrected chi connectivity index (χ4v) is 2.75. The third-order valence-electron chi connectivity index (χ3n) is 3.65. The smallest absolute Gasteiger partial charge is 0.0278 e. The van der Waals surface area contributed by atoms with E-state index in [1.54, 1.807) is 0 Å². The van der Waals surface area contributed by atoms with Crippen LogP contribution in [0.25, 0.3) is 0 Å². The van der Waals surface area contributed by atoms with Crippen LogP contribution in [0.1, 0.15) is 33.6 Å². The molecule has 1 fully saturated rings. The molecule has 0 bridgehead atoms. The standard InChI is InChI=1S/C12H26N2S/c1-5-12(3)10-14(8-7-13-12)11(2)6-9-15-4/h11,13H,5-10H2,1-4H3. The molecule has 90 valence electrons. The van der Waals surface area contributed by atoms with Crippen LogP contribution in [0, 0.1) is 0 Å². The van der Waals surface area contributed by atoms with Crippen molar-refractivity contribution in [1.29, 1.82) is 0 Å². The molecule has 2 atom stereocenters. The second kappa shape index (κ2) is 6.12. The van der Waals surface area contributed by atoms with Gasteiger partial charge in [-0.25, -0.2) is 0 Å². The van der Waals surface area contributed by atoms with E-state index >= 15 is 0 Å². The van der Waals surface area contributed by atoms with Gasteiger partial charge in [-0.1, -0.05) is 6.92 Å². The van der Waals surface area contributed by atoms with Gasteiger partial charge in [-0.3, -0.25) is 4.90 Å². The first kappa shape index (κ1) is 13.3. The summed E-state index contributed by atoms with van der Waals surface area (Å²) in [4.78, 5) is 2.65. The average molecular weight is 230 g/mol. The highest BCUT2D eigenvalue weighted by Crippen LogP contribution is 2.18. The summed E-state index contributed by atoms with van der Waals surface area (Å²) in [6.07, 6.45) is 4.74. The highest BCUT2D eigenvalue weighted by atomic mass is 32.2. The quantitative estimate of drug-likeness (QED) is 0.779. The molecule has 1 N–H and O–H groups in total. The fourth-order valence-electron chi connectivity index (χ4n) is 2.17. The maximum absolute atomic E-state index is 3.64. The molecule has 1 aliphatic rings. The molecule has 1 heterocycles. The Morgan fingerprint density at radius 3 is 2.87 bits per heavy atom. The van der Waals surface area contributed by atoms with Crippen molar-refractivity contribution < 1.29 is 0 Å². The van der Waals surface area contributed by atoms with Gasteiger partial charge in [-0.2, -0.15) is 11.8 Å². The molecule has 0 radical (unpaired) electrons. The SMILES string of the molecule is CCC1(C)CN(C(C)CCSC)CCN1. The lowest BCUT2D eigenvalue weighted by molar-refractivity contribution is 0.103. The van der Waals surface area contributed by atoms with Crippen LogP contribution in [-0.2, 0) is 0 Å². The van der Waals surface area contributed by atoms with E-state index < -0.39 is 0 Å². The molecule has 0 amide bonds. The molecule has 0 aliphatic carbocycles. The zero-order chi connectivity index (χ0) is 11.3. The van der Waals surface area contributed by atoms with Crippen molar-refractivity contribution in [2.75, 3.05) is 31.6 Å². The van der Waals surface area contributed by atoms with E-state index in [4.69, 9.17) is 0 Å². The lowest BCUT2D eigenvalue weighted by Crippen LogP contribution is -2.60. The van der Waals surface area contributed by atoms with E-state index in [0.29, 0.717) is 5.54 Å². The number of rotatable bonds is 5. The number of nitrogens with one attached hydrogen (secondary N) is 1. The summed E-state index contributed by atoms with van der Waals surface area (Å²) >= 11 is 1.96. The van der Waals surface area contributed by atoms with Crippen LogP contribution >= 0.6 is 11.8 Å². The molecule has 0 spiro atoms.